The molecular weight excluding hydrogens is 403 g/mol. The zero-order chi connectivity index (χ0) is 14.7. The first kappa shape index (κ1) is 16.1. The summed E-state index contributed by atoms with van der Waals surface area (Å²) in [5, 5.41) is 6.08. The first-order valence-corrected chi connectivity index (χ1v) is 8.79. The predicted octanol–water partition coefficient (Wildman–Crippen LogP) is 4.94. The number of aromatic nitrogens is 2. The number of alkyl halides is 1. The van der Waals surface area contributed by atoms with Crippen LogP contribution in [0.25, 0.3) is 0 Å². The lowest BCUT2D eigenvalue weighted by atomic mass is 9.94. The molecule has 0 N–H and O–H groups in total. The lowest BCUT2D eigenvalue weighted by Crippen LogP contribution is -2.11. The van der Waals surface area contributed by atoms with Crippen molar-refractivity contribution in [1.82, 2.24) is 9.78 Å². The van der Waals surface area contributed by atoms with Crippen LogP contribution in [-0.2, 0) is 19.9 Å². The van der Waals surface area contributed by atoms with E-state index in [0.29, 0.717) is 5.92 Å². The Morgan fingerprint density at radius 1 is 1.30 bits per heavy atom. The van der Waals surface area contributed by atoms with Crippen molar-refractivity contribution in [1.29, 1.82) is 0 Å². The Kier molecular flexibility index (Phi) is 5.70. The van der Waals surface area contributed by atoms with Gasteiger partial charge < -0.3 is 0 Å². The van der Waals surface area contributed by atoms with Gasteiger partial charge in [-0.1, -0.05) is 61.7 Å². The molecule has 0 spiro atoms. The van der Waals surface area contributed by atoms with Crippen LogP contribution in [0.1, 0.15) is 16.8 Å². The summed E-state index contributed by atoms with van der Waals surface area (Å²) in [6.45, 7) is 2.02. The molecule has 0 amide bonds. The topological polar surface area (TPSA) is 17.8 Å². The standard InChI is InChI=1S/C15H17Br2ClN2/c1-10-13(15(18)20(2)19-10)8-11(9-16)7-12-5-3-4-6-14(12)17/h3-6,11H,7-9H2,1-2H3. The van der Waals surface area contributed by atoms with Gasteiger partial charge in [0.25, 0.3) is 0 Å². The number of rotatable bonds is 5. The maximum Gasteiger partial charge on any atom is 0.130 e. The van der Waals surface area contributed by atoms with Crippen molar-refractivity contribution in [3.05, 3.63) is 50.7 Å². The summed E-state index contributed by atoms with van der Waals surface area (Å²) < 4.78 is 2.91. The molecule has 108 valence electrons. The minimum Gasteiger partial charge on any atom is -0.257 e. The molecule has 0 radical (unpaired) electrons. The van der Waals surface area contributed by atoms with E-state index in [0.717, 1.165) is 34.6 Å². The van der Waals surface area contributed by atoms with Crippen molar-refractivity contribution in [3.8, 4) is 0 Å². The van der Waals surface area contributed by atoms with Crippen LogP contribution in [0.15, 0.2) is 28.7 Å². The Morgan fingerprint density at radius 2 is 2.00 bits per heavy atom. The molecule has 0 aliphatic rings. The number of halogens is 3. The van der Waals surface area contributed by atoms with E-state index < -0.39 is 0 Å². The van der Waals surface area contributed by atoms with Gasteiger partial charge in [0.2, 0.25) is 0 Å². The summed E-state index contributed by atoms with van der Waals surface area (Å²) in [7, 11) is 1.88. The second kappa shape index (κ2) is 7.10. The van der Waals surface area contributed by atoms with Crippen LogP contribution in [-0.4, -0.2) is 15.1 Å². The lowest BCUT2D eigenvalue weighted by Gasteiger charge is -2.15. The second-order valence-electron chi connectivity index (χ2n) is 5.00. The van der Waals surface area contributed by atoms with Crippen LogP contribution in [0.4, 0.5) is 0 Å². The Bertz CT molecular complexity index is 596. The summed E-state index contributed by atoms with van der Waals surface area (Å²) in [6.07, 6.45) is 1.95. The third-order valence-electron chi connectivity index (χ3n) is 3.45. The summed E-state index contributed by atoms with van der Waals surface area (Å²) in [6, 6.07) is 8.37. The molecule has 1 aromatic heterocycles. The predicted molar refractivity (Wildman–Crippen MR) is 91.8 cm³/mol. The van der Waals surface area contributed by atoms with E-state index in [1.54, 1.807) is 4.68 Å². The fourth-order valence-electron chi connectivity index (χ4n) is 2.35. The summed E-state index contributed by atoms with van der Waals surface area (Å²) >= 11 is 13.6. The smallest absolute Gasteiger partial charge is 0.130 e. The highest BCUT2D eigenvalue weighted by Gasteiger charge is 2.17. The van der Waals surface area contributed by atoms with E-state index in [1.165, 1.54) is 10.0 Å². The molecule has 5 heteroatoms. The van der Waals surface area contributed by atoms with E-state index in [-0.39, 0.29) is 0 Å². The Morgan fingerprint density at radius 3 is 2.55 bits per heavy atom. The van der Waals surface area contributed by atoms with Crippen LogP contribution in [0.2, 0.25) is 5.15 Å². The van der Waals surface area contributed by atoms with Crippen molar-refractivity contribution in [2.24, 2.45) is 13.0 Å². The average Bonchev–Trinajstić information content (AvgIpc) is 2.66. The van der Waals surface area contributed by atoms with Gasteiger partial charge in [-0.05, 0) is 37.3 Å². The van der Waals surface area contributed by atoms with Gasteiger partial charge in [-0.2, -0.15) is 5.10 Å². The van der Waals surface area contributed by atoms with Gasteiger partial charge in [-0.3, -0.25) is 4.68 Å². The first-order valence-electron chi connectivity index (χ1n) is 6.50. The molecule has 0 saturated carbocycles. The Labute approximate surface area is 141 Å². The van der Waals surface area contributed by atoms with Crippen molar-refractivity contribution < 1.29 is 0 Å². The zero-order valence-corrected chi connectivity index (χ0v) is 15.5. The quantitative estimate of drug-likeness (QED) is 0.627. The summed E-state index contributed by atoms with van der Waals surface area (Å²) in [5.74, 6) is 0.495. The zero-order valence-electron chi connectivity index (χ0n) is 11.5. The summed E-state index contributed by atoms with van der Waals surface area (Å²) in [4.78, 5) is 0. The fourth-order valence-corrected chi connectivity index (χ4v) is 3.51. The van der Waals surface area contributed by atoms with E-state index in [1.807, 2.05) is 20.0 Å². The number of benzene rings is 1. The molecule has 2 aromatic rings. The molecule has 0 bridgehead atoms. The van der Waals surface area contributed by atoms with E-state index in [9.17, 15) is 0 Å². The fraction of sp³-hybridized carbons (Fsp3) is 0.400. The molecule has 0 saturated heterocycles. The SMILES string of the molecule is Cc1nn(C)c(Cl)c1CC(CBr)Cc1ccccc1Br. The van der Waals surface area contributed by atoms with Crippen LogP contribution < -0.4 is 0 Å². The van der Waals surface area contributed by atoms with Gasteiger partial charge in [-0.25, -0.2) is 0 Å². The van der Waals surface area contributed by atoms with E-state index in [4.69, 9.17) is 11.6 Å². The molecule has 20 heavy (non-hydrogen) atoms. The minimum atomic E-state index is 0.495. The number of aryl methyl sites for hydroxylation is 2. The Hall–Kier alpha value is -0.320. The Balaban J connectivity index is 2.15. The number of hydrogen-bond donors (Lipinski definition) is 0. The van der Waals surface area contributed by atoms with Gasteiger partial charge in [0.15, 0.2) is 0 Å². The third kappa shape index (κ3) is 3.66. The van der Waals surface area contributed by atoms with Crippen molar-refractivity contribution in [3.63, 3.8) is 0 Å². The highest BCUT2D eigenvalue weighted by Crippen LogP contribution is 2.26. The van der Waals surface area contributed by atoms with Gasteiger partial charge in [-0.15, -0.1) is 0 Å². The maximum atomic E-state index is 6.33. The lowest BCUT2D eigenvalue weighted by molar-refractivity contribution is 0.588. The first-order chi connectivity index (χ1) is 9.52. The molecule has 1 aromatic carbocycles. The molecule has 1 unspecified atom stereocenters. The van der Waals surface area contributed by atoms with Crippen molar-refractivity contribution >= 4 is 43.5 Å². The van der Waals surface area contributed by atoms with E-state index >= 15 is 0 Å². The maximum absolute atomic E-state index is 6.33. The molecule has 0 aliphatic carbocycles. The second-order valence-corrected chi connectivity index (χ2v) is 6.86. The minimum absolute atomic E-state index is 0.495. The van der Waals surface area contributed by atoms with Gasteiger partial charge in [0.1, 0.15) is 5.15 Å². The highest BCUT2D eigenvalue weighted by atomic mass is 79.9. The van der Waals surface area contributed by atoms with Gasteiger partial charge >= 0.3 is 0 Å². The van der Waals surface area contributed by atoms with E-state index in [2.05, 4.69) is 55.2 Å². The normalized spacial score (nSPS) is 12.7. The third-order valence-corrected chi connectivity index (χ3v) is 5.61. The molecular formula is C15H17Br2ClN2. The molecule has 0 aliphatic heterocycles. The molecule has 1 atom stereocenters. The van der Waals surface area contributed by atoms with Crippen LogP contribution >= 0.6 is 43.5 Å². The van der Waals surface area contributed by atoms with Crippen molar-refractivity contribution in [2.75, 3.05) is 5.33 Å². The number of hydrogen-bond acceptors (Lipinski definition) is 1. The van der Waals surface area contributed by atoms with Crippen LogP contribution in [0.5, 0.6) is 0 Å². The van der Waals surface area contributed by atoms with Crippen LogP contribution in [0, 0.1) is 12.8 Å². The highest BCUT2D eigenvalue weighted by molar-refractivity contribution is 9.10. The van der Waals surface area contributed by atoms with Crippen LogP contribution in [0.3, 0.4) is 0 Å². The molecule has 0 fully saturated rings. The molecule has 2 nitrogen and oxygen atoms in total. The van der Waals surface area contributed by atoms with Gasteiger partial charge in [0.05, 0.1) is 5.69 Å². The summed E-state index contributed by atoms with van der Waals surface area (Å²) in [5.41, 5.74) is 3.51. The average molecular weight is 421 g/mol. The number of nitrogens with zero attached hydrogens (tertiary/aromatic N) is 2. The monoisotopic (exact) mass is 418 g/mol. The largest absolute Gasteiger partial charge is 0.257 e. The molecule has 1 heterocycles. The van der Waals surface area contributed by atoms with Gasteiger partial charge in [0, 0.05) is 22.4 Å². The molecule has 2 rings (SSSR count). The van der Waals surface area contributed by atoms with Crippen molar-refractivity contribution in [2.45, 2.75) is 19.8 Å².